The summed E-state index contributed by atoms with van der Waals surface area (Å²) >= 11 is 5.91. The topological polar surface area (TPSA) is 71.3 Å². The Kier molecular flexibility index (Phi) is 5.07. The Balaban J connectivity index is 1.35. The maximum atomic E-state index is 12.4. The second kappa shape index (κ2) is 7.80. The van der Waals surface area contributed by atoms with E-state index in [1.54, 1.807) is 12.1 Å². The highest BCUT2D eigenvalue weighted by atomic mass is 35.5. The number of carbonyl (C=O) groups is 1. The zero-order valence-electron chi connectivity index (χ0n) is 14.6. The van der Waals surface area contributed by atoms with Gasteiger partial charge in [0.05, 0.1) is 0 Å². The van der Waals surface area contributed by atoms with Gasteiger partial charge in [-0.25, -0.2) is 0 Å². The molecule has 2 aromatic carbocycles. The molecule has 7 heteroatoms. The molecule has 0 atom stereocenters. The quantitative estimate of drug-likeness (QED) is 0.730. The van der Waals surface area contributed by atoms with Crippen LogP contribution in [0.5, 0.6) is 0 Å². The van der Waals surface area contributed by atoms with Crippen LogP contribution in [0.1, 0.15) is 12.8 Å². The Morgan fingerprint density at radius 2 is 1.78 bits per heavy atom. The standard InChI is InChI=1S/C20H19ClN4O2/c21-16-8-6-14(7-9-16)18-23-20(27-24-18)25-12-10-15(11-13-25)19(26)22-17-4-2-1-3-5-17/h1-9,15H,10-13H2,(H,22,26). The first-order valence-corrected chi connectivity index (χ1v) is 9.27. The van der Waals surface area contributed by atoms with Crippen molar-refractivity contribution in [2.75, 3.05) is 23.3 Å². The smallest absolute Gasteiger partial charge is 0.324 e. The first-order chi connectivity index (χ1) is 13.2. The summed E-state index contributed by atoms with van der Waals surface area (Å²) in [5.41, 5.74) is 1.68. The van der Waals surface area contributed by atoms with Crippen LogP contribution in [0.2, 0.25) is 5.02 Å². The number of hydrogen-bond donors (Lipinski definition) is 1. The van der Waals surface area contributed by atoms with Gasteiger partial charge in [0.1, 0.15) is 0 Å². The van der Waals surface area contributed by atoms with Crippen LogP contribution in [0.3, 0.4) is 0 Å². The molecule has 1 amide bonds. The van der Waals surface area contributed by atoms with Crippen LogP contribution in [0.4, 0.5) is 11.7 Å². The lowest BCUT2D eigenvalue weighted by atomic mass is 9.96. The summed E-state index contributed by atoms with van der Waals surface area (Å²) in [6, 6.07) is 17.3. The summed E-state index contributed by atoms with van der Waals surface area (Å²) in [5.74, 6) is 0.582. The van der Waals surface area contributed by atoms with Crippen LogP contribution in [0.25, 0.3) is 11.4 Å². The van der Waals surface area contributed by atoms with Crippen molar-refractivity contribution >= 4 is 29.2 Å². The molecule has 2 heterocycles. The second-order valence-electron chi connectivity index (χ2n) is 6.52. The summed E-state index contributed by atoms with van der Waals surface area (Å²) < 4.78 is 5.41. The fraction of sp³-hybridized carbons (Fsp3) is 0.250. The van der Waals surface area contributed by atoms with Crippen molar-refractivity contribution in [3.8, 4) is 11.4 Å². The van der Waals surface area contributed by atoms with Gasteiger partial charge >= 0.3 is 6.01 Å². The summed E-state index contributed by atoms with van der Waals surface area (Å²) in [4.78, 5) is 18.9. The minimum atomic E-state index is -0.0138. The van der Waals surface area contributed by atoms with Gasteiger partial charge in [-0.1, -0.05) is 35.0 Å². The van der Waals surface area contributed by atoms with Gasteiger partial charge in [-0.3, -0.25) is 4.79 Å². The number of halogens is 1. The van der Waals surface area contributed by atoms with E-state index in [9.17, 15) is 4.79 Å². The average molecular weight is 383 g/mol. The van der Waals surface area contributed by atoms with E-state index < -0.39 is 0 Å². The molecule has 0 saturated carbocycles. The molecular formula is C20H19ClN4O2. The minimum Gasteiger partial charge on any atom is -0.326 e. The first-order valence-electron chi connectivity index (χ1n) is 8.89. The zero-order chi connectivity index (χ0) is 18.6. The summed E-state index contributed by atoms with van der Waals surface area (Å²) in [7, 11) is 0. The van der Waals surface area contributed by atoms with E-state index in [4.69, 9.17) is 16.1 Å². The Bertz CT molecular complexity index is 903. The zero-order valence-corrected chi connectivity index (χ0v) is 15.4. The number of benzene rings is 2. The van der Waals surface area contributed by atoms with Crippen molar-refractivity contribution in [1.82, 2.24) is 10.1 Å². The van der Waals surface area contributed by atoms with Gasteiger partial charge in [-0.2, -0.15) is 4.98 Å². The number of aromatic nitrogens is 2. The molecule has 0 spiro atoms. The molecule has 138 valence electrons. The molecule has 1 aliphatic rings. The molecule has 1 saturated heterocycles. The van der Waals surface area contributed by atoms with Gasteiger partial charge in [0.15, 0.2) is 0 Å². The molecule has 1 fully saturated rings. The molecule has 0 radical (unpaired) electrons. The van der Waals surface area contributed by atoms with E-state index in [0.29, 0.717) is 30.0 Å². The molecular weight excluding hydrogens is 364 g/mol. The van der Waals surface area contributed by atoms with E-state index in [-0.39, 0.29) is 11.8 Å². The molecule has 3 aromatic rings. The van der Waals surface area contributed by atoms with Crippen LogP contribution in [-0.4, -0.2) is 29.1 Å². The van der Waals surface area contributed by atoms with Gasteiger partial charge in [0.2, 0.25) is 11.7 Å². The Hall–Kier alpha value is -2.86. The Morgan fingerprint density at radius 3 is 2.48 bits per heavy atom. The molecule has 1 aromatic heterocycles. The number of piperidine rings is 1. The van der Waals surface area contributed by atoms with Crippen molar-refractivity contribution in [1.29, 1.82) is 0 Å². The predicted molar refractivity (Wildman–Crippen MR) is 105 cm³/mol. The normalized spacial score (nSPS) is 14.9. The van der Waals surface area contributed by atoms with Crippen LogP contribution >= 0.6 is 11.6 Å². The third-order valence-electron chi connectivity index (χ3n) is 4.70. The molecule has 0 unspecified atom stereocenters. The van der Waals surface area contributed by atoms with Crippen LogP contribution < -0.4 is 10.2 Å². The van der Waals surface area contributed by atoms with Crippen LogP contribution in [0, 0.1) is 5.92 Å². The second-order valence-corrected chi connectivity index (χ2v) is 6.96. The molecule has 1 N–H and O–H groups in total. The largest absolute Gasteiger partial charge is 0.326 e. The number of rotatable bonds is 4. The fourth-order valence-corrected chi connectivity index (χ4v) is 3.28. The predicted octanol–water partition coefficient (Wildman–Crippen LogP) is 4.25. The number of anilines is 2. The van der Waals surface area contributed by atoms with Crippen molar-refractivity contribution in [3.63, 3.8) is 0 Å². The van der Waals surface area contributed by atoms with E-state index >= 15 is 0 Å². The SMILES string of the molecule is O=C(Nc1ccccc1)C1CCN(c2nc(-c3ccc(Cl)cc3)no2)CC1. The molecule has 4 rings (SSSR count). The van der Waals surface area contributed by atoms with Gasteiger partial charge in [-0.05, 0) is 49.2 Å². The summed E-state index contributed by atoms with van der Waals surface area (Å²) in [6.07, 6.45) is 1.49. The van der Waals surface area contributed by atoms with Crippen molar-refractivity contribution in [2.45, 2.75) is 12.8 Å². The highest BCUT2D eigenvalue weighted by Crippen LogP contribution is 2.26. The van der Waals surface area contributed by atoms with E-state index in [2.05, 4.69) is 15.5 Å². The Labute approximate surface area is 162 Å². The minimum absolute atomic E-state index is 0.0138. The summed E-state index contributed by atoms with van der Waals surface area (Å²) in [6.45, 7) is 1.41. The van der Waals surface area contributed by atoms with E-state index in [1.807, 2.05) is 47.4 Å². The van der Waals surface area contributed by atoms with Crippen molar-refractivity contribution in [3.05, 3.63) is 59.6 Å². The maximum Gasteiger partial charge on any atom is 0.324 e. The summed E-state index contributed by atoms with van der Waals surface area (Å²) in [5, 5.41) is 7.69. The van der Waals surface area contributed by atoms with Gasteiger partial charge in [0, 0.05) is 35.3 Å². The maximum absolute atomic E-state index is 12.4. The van der Waals surface area contributed by atoms with Gasteiger partial charge < -0.3 is 14.7 Å². The molecule has 0 aliphatic carbocycles. The van der Waals surface area contributed by atoms with Crippen LogP contribution in [0.15, 0.2) is 59.1 Å². The lowest BCUT2D eigenvalue weighted by Gasteiger charge is -2.29. The molecule has 0 bridgehead atoms. The number of nitrogens with zero attached hydrogens (tertiary/aromatic N) is 3. The van der Waals surface area contributed by atoms with Crippen molar-refractivity contribution in [2.24, 2.45) is 5.92 Å². The number of para-hydroxylation sites is 1. The lowest BCUT2D eigenvalue weighted by molar-refractivity contribution is -0.120. The average Bonchev–Trinajstić information content (AvgIpc) is 3.20. The third-order valence-corrected chi connectivity index (χ3v) is 4.95. The highest BCUT2D eigenvalue weighted by molar-refractivity contribution is 6.30. The monoisotopic (exact) mass is 382 g/mol. The van der Waals surface area contributed by atoms with Crippen LogP contribution in [-0.2, 0) is 4.79 Å². The van der Waals surface area contributed by atoms with Crippen molar-refractivity contribution < 1.29 is 9.32 Å². The highest BCUT2D eigenvalue weighted by Gasteiger charge is 2.27. The number of nitrogens with one attached hydrogen (secondary N) is 1. The van der Waals surface area contributed by atoms with E-state index in [1.165, 1.54) is 0 Å². The molecule has 1 aliphatic heterocycles. The first kappa shape index (κ1) is 17.5. The third kappa shape index (κ3) is 4.11. The Morgan fingerprint density at radius 1 is 1.07 bits per heavy atom. The fourth-order valence-electron chi connectivity index (χ4n) is 3.16. The lowest BCUT2D eigenvalue weighted by Crippen LogP contribution is -2.38. The van der Waals surface area contributed by atoms with Gasteiger partial charge in [-0.15, -0.1) is 0 Å². The molecule has 27 heavy (non-hydrogen) atoms. The van der Waals surface area contributed by atoms with Gasteiger partial charge in [0.25, 0.3) is 0 Å². The number of hydrogen-bond acceptors (Lipinski definition) is 5. The van der Waals surface area contributed by atoms with E-state index in [0.717, 1.165) is 24.1 Å². The number of carbonyl (C=O) groups excluding carboxylic acids is 1. The molecule has 6 nitrogen and oxygen atoms in total. The number of amides is 1.